The highest BCUT2D eigenvalue weighted by Crippen LogP contribution is 2.34. The molecule has 0 bridgehead atoms. The molecule has 4 heterocycles. The highest BCUT2D eigenvalue weighted by atomic mass is 16.3. The van der Waals surface area contributed by atoms with Crippen LogP contribution in [0, 0.1) is 0 Å². The van der Waals surface area contributed by atoms with E-state index in [1.165, 1.54) is 59.2 Å². The molecule has 10 heteroatoms. The predicted octanol–water partition coefficient (Wildman–Crippen LogP) is 21.1. The molecule has 0 aliphatic rings. The summed E-state index contributed by atoms with van der Waals surface area (Å²) in [6, 6.07) is 93.6. The summed E-state index contributed by atoms with van der Waals surface area (Å²) in [5.74, 6) is 3.98. The van der Waals surface area contributed by atoms with Crippen LogP contribution in [0.4, 0.5) is 0 Å². The van der Waals surface area contributed by atoms with Crippen LogP contribution in [0.3, 0.4) is 0 Å². The average molecular weight is 1250 g/mol. The molecule has 95 heavy (non-hydrogen) atoms. The first-order chi connectivity index (χ1) is 47.0. The van der Waals surface area contributed by atoms with Crippen molar-refractivity contribution in [3.05, 3.63) is 302 Å². The zero-order valence-corrected chi connectivity index (χ0v) is 55.8. The Morgan fingerprint density at radius 1 is 0.368 bits per heavy atom. The summed E-state index contributed by atoms with van der Waals surface area (Å²) in [4.78, 5) is 25.4. The number of aromatic nitrogens is 8. The zero-order valence-electron chi connectivity index (χ0n) is 55.8. The number of unbranched alkanes of at least 4 members (excludes halogenated alkanes) is 4. The highest BCUT2D eigenvalue weighted by molar-refractivity contribution is 5.71. The monoisotopic (exact) mass is 1250 g/mol. The number of aliphatic hydroxyl groups is 1. The van der Waals surface area contributed by atoms with Gasteiger partial charge in [0.2, 0.25) is 0 Å². The molecule has 0 saturated carbocycles. The van der Waals surface area contributed by atoms with Gasteiger partial charge in [-0.05, 0) is 43.4 Å². The molecule has 0 unspecified atom stereocenters. The van der Waals surface area contributed by atoms with E-state index in [1.807, 2.05) is 115 Å². The van der Waals surface area contributed by atoms with Crippen molar-refractivity contribution in [2.24, 2.45) is 0 Å². The van der Waals surface area contributed by atoms with E-state index in [4.69, 9.17) is 15.0 Å². The van der Waals surface area contributed by atoms with E-state index in [9.17, 15) is 5.11 Å². The summed E-state index contributed by atoms with van der Waals surface area (Å²) >= 11 is 0. The highest BCUT2D eigenvalue weighted by Gasteiger charge is 2.23. The Balaban J connectivity index is 0.000000143. The van der Waals surface area contributed by atoms with Gasteiger partial charge in [-0.25, -0.2) is 19.9 Å². The van der Waals surface area contributed by atoms with Crippen molar-refractivity contribution in [1.29, 1.82) is 0 Å². The molecule has 0 aliphatic heterocycles. The standard InChI is InChI=1S/C31H37N3.C20H22N2O.C19H20N2.C15H12N2/c1-3-5-22-33(24-26-16-10-7-11-17-26)25-29-30(27-18-12-8-13-19-27)32-31(34(29)23-6-4-2)28-20-14-9-15-21-28;1-2-3-14-22-18(15-23)19(16-10-6-4-7-11-16)21-20(22)17-12-8-5-9-13-17;1-2-3-14-21-15-18(16-10-6-4-7-11-16)20-19(21)17-12-8-5-9-13-17;1-3-7-12(8-4-1)14-11-16-15(17-14)13-9-5-2-6-10-13/h7-21H,3-6,22-25H2,1-2H3;4-13,23H,2-3,14-15H2,1H3;4-13,15H,2-3,14H2,1H3;1-11H,(H,16,17). The van der Waals surface area contributed by atoms with Crippen LogP contribution in [0.15, 0.2) is 285 Å². The lowest BCUT2D eigenvalue weighted by Crippen LogP contribution is -2.26. The van der Waals surface area contributed by atoms with E-state index in [1.54, 1.807) is 0 Å². The molecule has 482 valence electrons. The van der Waals surface area contributed by atoms with E-state index < -0.39 is 0 Å². The fourth-order valence-electron chi connectivity index (χ4n) is 11.6. The van der Waals surface area contributed by atoms with Crippen LogP contribution in [0.2, 0.25) is 0 Å². The fourth-order valence-corrected chi connectivity index (χ4v) is 11.6. The van der Waals surface area contributed by atoms with Gasteiger partial charge in [0.25, 0.3) is 0 Å². The van der Waals surface area contributed by atoms with Crippen molar-refractivity contribution in [2.75, 3.05) is 6.54 Å². The van der Waals surface area contributed by atoms with E-state index in [0.29, 0.717) is 0 Å². The number of H-pyrrole nitrogens is 1. The molecule has 9 aromatic carbocycles. The van der Waals surface area contributed by atoms with Crippen LogP contribution in [0.5, 0.6) is 0 Å². The molecule has 0 amide bonds. The van der Waals surface area contributed by atoms with Crippen molar-refractivity contribution < 1.29 is 5.11 Å². The Morgan fingerprint density at radius 3 is 1.20 bits per heavy atom. The normalized spacial score (nSPS) is 10.9. The third-order valence-corrected chi connectivity index (χ3v) is 16.7. The van der Waals surface area contributed by atoms with Gasteiger partial charge in [0.15, 0.2) is 0 Å². The molecule has 0 saturated heterocycles. The molecule has 13 aromatic rings. The third-order valence-electron chi connectivity index (χ3n) is 16.7. The van der Waals surface area contributed by atoms with E-state index >= 15 is 0 Å². The molecule has 0 spiro atoms. The Kier molecular flexibility index (Phi) is 25.8. The minimum Gasteiger partial charge on any atom is -0.390 e. The van der Waals surface area contributed by atoms with Crippen LogP contribution >= 0.6 is 0 Å². The lowest BCUT2D eigenvalue weighted by Gasteiger charge is -2.24. The number of hydrogen-bond acceptors (Lipinski definition) is 6. The number of imidazole rings is 4. The summed E-state index contributed by atoms with van der Waals surface area (Å²) in [6.07, 6.45) is 13.3. The van der Waals surface area contributed by atoms with Crippen molar-refractivity contribution in [3.8, 4) is 90.6 Å². The number of aryl methyl sites for hydroxylation is 1. The molecule has 0 aliphatic carbocycles. The fraction of sp³-hybridized carbons (Fsp3) is 0.224. The van der Waals surface area contributed by atoms with Gasteiger partial charge in [0.05, 0.1) is 47.0 Å². The minimum atomic E-state index is -0.00618. The Hall–Kier alpha value is -10.3. The summed E-state index contributed by atoms with van der Waals surface area (Å²) in [5, 5.41) is 9.96. The van der Waals surface area contributed by atoms with Crippen LogP contribution in [0.25, 0.3) is 90.6 Å². The maximum atomic E-state index is 9.96. The van der Waals surface area contributed by atoms with E-state index in [2.05, 4.69) is 226 Å². The second-order valence-corrected chi connectivity index (χ2v) is 23.8. The molecule has 0 fully saturated rings. The predicted molar refractivity (Wildman–Crippen MR) is 395 cm³/mol. The number of rotatable bonds is 25. The number of nitrogens with zero attached hydrogens (tertiary/aromatic N) is 8. The molecule has 2 N–H and O–H groups in total. The lowest BCUT2D eigenvalue weighted by molar-refractivity contribution is 0.246. The Labute approximate surface area is 563 Å². The summed E-state index contributed by atoms with van der Waals surface area (Å²) in [5.41, 5.74) is 16.8. The molecular formula is C85H91N9O. The number of nitrogens with one attached hydrogen (secondary N) is 1. The van der Waals surface area contributed by atoms with Gasteiger partial charge in [0.1, 0.15) is 23.3 Å². The summed E-state index contributed by atoms with van der Waals surface area (Å²) in [6.45, 7) is 14.7. The SMILES string of the molecule is CCCCN(Cc1ccccc1)Cc1c(-c2ccccc2)nc(-c2ccccc2)n1CCCC.CCCCn1c(-c2ccccc2)nc(-c2ccccc2)c1CO.CCCCn1cc(-c2ccccc2)nc1-c1ccccc1.c1ccc(-c2cnc(-c3ccccc3)[nH]2)cc1. The van der Waals surface area contributed by atoms with Gasteiger partial charge in [-0.3, -0.25) is 4.90 Å². The van der Waals surface area contributed by atoms with Crippen molar-refractivity contribution in [2.45, 2.75) is 118 Å². The first-order valence-electron chi connectivity index (χ1n) is 34.1. The topological polar surface area (TPSA) is 106 Å². The summed E-state index contributed by atoms with van der Waals surface area (Å²) in [7, 11) is 0. The van der Waals surface area contributed by atoms with Crippen LogP contribution in [-0.2, 0) is 39.3 Å². The van der Waals surface area contributed by atoms with E-state index in [-0.39, 0.29) is 6.61 Å². The molecule has 4 aromatic heterocycles. The molecule has 10 nitrogen and oxygen atoms in total. The lowest BCUT2D eigenvalue weighted by atomic mass is 10.1. The zero-order chi connectivity index (χ0) is 65.7. The average Bonchev–Trinajstić information content (AvgIpc) is 1.66. The van der Waals surface area contributed by atoms with Gasteiger partial charge in [-0.15, -0.1) is 0 Å². The van der Waals surface area contributed by atoms with Gasteiger partial charge in [-0.2, -0.15) is 0 Å². The van der Waals surface area contributed by atoms with Crippen LogP contribution in [0.1, 0.15) is 96.0 Å². The second kappa shape index (κ2) is 36.3. The van der Waals surface area contributed by atoms with Crippen molar-refractivity contribution >= 4 is 0 Å². The quantitative estimate of drug-likeness (QED) is 0.0591. The number of aliphatic hydroxyl groups excluding tert-OH is 1. The van der Waals surface area contributed by atoms with Crippen molar-refractivity contribution in [3.63, 3.8) is 0 Å². The second-order valence-electron chi connectivity index (χ2n) is 23.8. The number of aromatic amines is 1. The molecular weight excluding hydrogens is 1160 g/mol. The third kappa shape index (κ3) is 18.8. The van der Waals surface area contributed by atoms with Crippen LogP contribution in [-0.4, -0.2) is 55.2 Å². The summed E-state index contributed by atoms with van der Waals surface area (Å²) < 4.78 is 6.94. The van der Waals surface area contributed by atoms with Gasteiger partial charge >= 0.3 is 0 Å². The van der Waals surface area contributed by atoms with E-state index in [0.717, 1.165) is 139 Å². The first kappa shape index (κ1) is 67.6. The van der Waals surface area contributed by atoms with Gasteiger partial charge in [0, 0.05) is 77.9 Å². The number of benzene rings is 9. The smallest absolute Gasteiger partial charge is 0.140 e. The van der Waals surface area contributed by atoms with Gasteiger partial charge in [-0.1, -0.05) is 326 Å². The van der Waals surface area contributed by atoms with Gasteiger partial charge < -0.3 is 23.8 Å². The maximum Gasteiger partial charge on any atom is 0.140 e. The Bertz CT molecular complexity index is 4190. The minimum absolute atomic E-state index is 0.00618. The molecule has 0 atom stereocenters. The number of hydrogen-bond donors (Lipinski definition) is 2. The first-order valence-corrected chi connectivity index (χ1v) is 34.1. The molecule has 13 rings (SSSR count). The Morgan fingerprint density at radius 2 is 0.747 bits per heavy atom. The maximum absolute atomic E-state index is 9.96. The van der Waals surface area contributed by atoms with Crippen LogP contribution < -0.4 is 0 Å². The molecule has 0 radical (unpaired) electrons. The largest absolute Gasteiger partial charge is 0.390 e. The van der Waals surface area contributed by atoms with Crippen molar-refractivity contribution in [1.82, 2.24) is 43.5 Å².